The highest BCUT2D eigenvalue weighted by Crippen LogP contribution is 2.15. The summed E-state index contributed by atoms with van der Waals surface area (Å²) in [5.74, 6) is -0.235. The monoisotopic (exact) mass is 270 g/mol. The number of hydrogen-bond acceptors (Lipinski definition) is 3. The van der Waals surface area contributed by atoms with Gasteiger partial charge in [-0.15, -0.1) is 0 Å². The van der Waals surface area contributed by atoms with Crippen LogP contribution in [0.1, 0.15) is 31.1 Å². The van der Waals surface area contributed by atoms with Gasteiger partial charge in [0.2, 0.25) is 0 Å². The van der Waals surface area contributed by atoms with Crippen molar-refractivity contribution in [2.45, 2.75) is 20.8 Å². The zero-order chi connectivity index (χ0) is 14.8. The van der Waals surface area contributed by atoms with Crippen molar-refractivity contribution in [2.75, 3.05) is 6.54 Å². The second-order valence-electron chi connectivity index (χ2n) is 5.77. The summed E-state index contributed by atoms with van der Waals surface area (Å²) >= 11 is 0. The molecule has 2 rings (SSSR count). The molecular formula is C16H18N2O2. The molecule has 0 aliphatic rings. The average molecular weight is 270 g/mol. The molecule has 0 aliphatic heterocycles. The minimum atomic E-state index is -0.444. The number of nitrogens with one attached hydrogen (secondary N) is 1. The molecule has 0 saturated heterocycles. The lowest BCUT2D eigenvalue weighted by Gasteiger charge is -2.16. The molecule has 104 valence electrons. The van der Waals surface area contributed by atoms with Crippen LogP contribution >= 0.6 is 0 Å². The Morgan fingerprint density at radius 3 is 2.65 bits per heavy atom. The topological polar surface area (TPSA) is 59.1 Å². The number of Topliss-reactive ketones (excluding diaryl/α,β-unsaturated/α-hetero) is 1. The van der Waals surface area contributed by atoms with E-state index in [1.165, 1.54) is 0 Å². The van der Waals surface area contributed by atoms with Crippen LogP contribution in [0.5, 0.6) is 0 Å². The number of hydrogen-bond donors (Lipinski definition) is 1. The van der Waals surface area contributed by atoms with Crippen LogP contribution in [0.4, 0.5) is 0 Å². The molecule has 1 aromatic heterocycles. The maximum Gasteiger partial charge on any atom is 0.251 e. The van der Waals surface area contributed by atoms with E-state index < -0.39 is 5.41 Å². The molecule has 0 bridgehead atoms. The molecule has 1 N–H and O–H groups in total. The third kappa shape index (κ3) is 3.20. The van der Waals surface area contributed by atoms with Crippen LogP contribution in [-0.4, -0.2) is 23.2 Å². The predicted molar refractivity (Wildman–Crippen MR) is 78.5 cm³/mol. The molecule has 0 unspecified atom stereocenters. The third-order valence-corrected chi connectivity index (χ3v) is 3.11. The molecule has 1 aromatic carbocycles. The summed E-state index contributed by atoms with van der Waals surface area (Å²) < 4.78 is 0. The maximum absolute atomic E-state index is 12.0. The van der Waals surface area contributed by atoms with E-state index in [2.05, 4.69) is 10.3 Å². The summed E-state index contributed by atoms with van der Waals surface area (Å²) in [6.07, 6.45) is 1.71. The quantitative estimate of drug-likeness (QED) is 0.932. The summed E-state index contributed by atoms with van der Waals surface area (Å²) in [4.78, 5) is 28.0. The molecule has 0 saturated carbocycles. The number of carbonyl (C=O) groups is 2. The Hall–Kier alpha value is -2.23. The maximum atomic E-state index is 12.0. The summed E-state index contributed by atoms with van der Waals surface area (Å²) in [6.45, 7) is 5.56. The lowest BCUT2D eigenvalue weighted by molar-refractivity contribution is -0.125. The van der Waals surface area contributed by atoms with Crippen molar-refractivity contribution in [3.63, 3.8) is 0 Å². The summed E-state index contributed by atoms with van der Waals surface area (Å²) in [5, 5.41) is 3.57. The fraction of sp³-hybridized carbons (Fsp3) is 0.312. The minimum absolute atomic E-state index is 0.00769. The van der Waals surface area contributed by atoms with Gasteiger partial charge in [0.15, 0.2) is 5.78 Å². The van der Waals surface area contributed by atoms with Crippen molar-refractivity contribution in [1.82, 2.24) is 10.3 Å². The van der Waals surface area contributed by atoms with E-state index in [0.29, 0.717) is 5.56 Å². The number of rotatable bonds is 3. The zero-order valence-electron chi connectivity index (χ0n) is 11.9. The molecule has 0 fully saturated rings. The second-order valence-corrected chi connectivity index (χ2v) is 5.77. The van der Waals surface area contributed by atoms with Crippen molar-refractivity contribution in [2.24, 2.45) is 5.41 Å². The molecule has 0 aliphatic carbocycles. The Morgan fingerprint density at radius 2 is 1.95 bits per heavy atom. The van der Waals surface area contributed by atoms with Crippen molar-refractivity contribution < 1.29 is 9.59 Å². The number of pyridine rings is 1. The lowest BCUT2D eigenvalue weighted by atomic mass is 9.91. The van der Waals surface area contributed by atoms with E-state index in [9.17, 15) is 9.59 Å². The molecule has 4 nitrogen and oxygen atoms in total. The van der Waals surface area contributed by atoms with Crippen molar-refractivity contribution >= 4 is 22.6 Å². The van der Waals surface area contributed by atoms with Gasteiger partial charge in [-0.2, -0.15) is 0 Å². The first-order valence-corrected chi connectivity index (χ1v) is 6.54. The average Bonchev–Trinajstić information content (AvgIpc) is 2.42. The highest BCUT2D eigenvalue weighted by Gasteiger charge is 2.21. The summed E-state index contributed by atoms with van der Waals surface area (Å²) in [6, 6.07) is 9.02. The molecule has 0 radical (unpaired) electrons. The first kappa shape index (κ1) is 14.2. The van der Waals surface area contributed by atoms with Crippen LogP contribution in [0.3, 0.4) is 0 Å². The van der Waals surface area contributed by atoms with Gasteiger partial charge in [0.1, 0.15) is 0 Å². The standard InChI is InChI=1S/C16H18N2O2/c1-16(2,3)14(19)10-18-15(20)12-6-7-13-11(9-12)5-4-8-17-13/h4-9H,10H2,1-3H3,(H,18,20). The largest absolute Gasteiger partial charge is 0.345 e. The van der Waals surface area contributed by atoms with Crippen LogP contribution in [0, 0.1) is 5.41 Å². The van der Waals surface area contributed by atoms with E-state index >= 15 is 0 Å². The highest BCUT2D eigenvalue weighted by molar-refractivity contribution is 6.00. The first-order valence-electron chi connectivity index (χ1n) is 6.54. The SMILES string of the molecule is CC(C)(C)C(=O)CNC(=O)c1ccc2ncccc2c1. The van der Waals surface area contributed by atoms with Crippen LogP contribution in [0.15, 0.2) is 36.5 Å². The van der Waals surface area contributed by atoms with Crippen molar-refractivity contribution in [3.05, 3.63) is 42.1 Å². The number of benzene rings is 1. The summed E-state index contributed by atoms with van der Waals surface area (Å²) in [5.41, 5.74) is 0.933. The number of fused-ring (bicyclic) bond motifs is 1. The number of ketones is 1. The Balaban J connectivity index is 2.10. The lowest BCUT2D eigenvalue weighted by Crippen LogP contribution is -2.35. The third-order valence-electron chi connectivity index (χ3n) is 3.11. The summed E-state index contributed by atoms with van der Waals surface area (Å²) in [7, 11) is 0. The Morgan fingerprint density at radius 1 is 1.20 bits per heavy atom. The Kier molecular flexibility index (Phi) is 3.84. The molecule has 2 aromatic rings. The van der Waals surface area contributed by atoms with Crippen LogP contribution in [0.25, 0.3) is 10.9 Å². The molecule has 1 amide bonds. The fourth-order valence-corrected chi connectivity index (χ4v) is 1.74. The van der Waals surface area contributed by atoms with Gasteiger partial charge in [-0.05, 0) is 24.3 Å². The normalized spacial score (nSPS) is 11.3. The van der Waals surface area contributed by atoms with Crippen LogP contribution in [-0.2, 0) is 4.79 Å². The molecular weight excluding hydrogens is 252 g/mol. The van der Waals surface area contributed by atoms with Crippen molar-refractivity contribution in [1.29, 1.82) is 0 Å². The van der Waals surface area contributed by atoms with Gasteiger partial charge in [-0.3, -0.25) is 14.6 Å². The molecule has 0 spiro atoms. The number of aromatic nitrogens is 1. The minimum Gasteiger partial charge on any atom is -0.345 e. The molecule has 0 atom stereocenters. The van der Waals surface area contributed by atoms with Gasteiger partial charge in [0, 0.05) is 22.6 Å². The van der Waals surface area contributed by atoms with E-state index in [4.69, 9.17) is 0 Å². The van der Waals surface area contributed by atoms with Gasteiger partial charge < -0.3 is 5.32 Å². The van der Waals surface area contributed by atoms with Gasteiger partial charge in [-0.25, -0.2) is 0 Å². The number of nitrogens with zero attached hydrogens (tertiary/aromatic N) is 1. The van der Waals surface area contributed by atoms with Crippen molar-refractivity contribution in [3.8, 4) is 0 Å². The van der Waals surface area contributed by atoms with Gasteiger partial charge in [0.05, 0.1) is 12.1 Å². The van der Waals surface area contributed by atoms with E-state index in [0.717, 1.165) is 10.9 Å². The van der Waals surface area contributed by atoms with Crippen LogP contribution in [0.2, 0.25) is 0 Å². The first-order chi connectivity index (χ1) is 9.38. The van der Waals surface area contributed by atoms with Gasteiger partial charge >= 0.3 is 0 Å². The Bertz CT molecular complexity index is 657. The number of carbonyl (C=O) groups excluding carboxylic acids is 2. The van der Waals surface area contributed by atoms with E-state index in [-0.39, 0.29) is 18.2 Å². The fourth-order valence-electron chi connectivity index (χ4n) is 1.74. The van der Waals surface area contributed by atoms with Crippen LogP contribution < -0.4 is 5.32 Å². The zero-order valence-corrected chi connectivity index (χ0v) is 11.9. The second kappa shape index (κ2) is 5.41. The van der Waals surface area contributed by atoms with E-state index in [1.54, 1.807) is 24.4 Å². The van der Waals surface area contributed by atoms with Gasteiger partial charge in [0.25, 0.3) is 5.91 Å². The molecule has 20 heavy (non-hydrogen) atoms. The highest BCUT2D eigenvalue weighted by atomic mass is 16.2. The van der Waals surface area contributed by atoms with E-state index in [1.807, 2.05) is 32.9 Å². The number of amides is 1. The van der Waals surface area contributed by atoms with Gasteiger partial charge in [-0.1, -0.05) is 26.8 Å². The molecule has 1 heterocycles. The molecule has 4 heteroatoms. The smallest absolute Gasteiger partial charge is 0.251 e. The predicted octanol–water partition coefficient (Wildman–Crippen LogP) is 2.58. The Labute approximate surface area is 118 Å².